The van der Waals surface area contributed by atoms with Crippen molar-refractivity contribution in [1.29, 1.82) is 0 Å². The van der Waals surface area contributed by atoms with E-state index in [1.807, 2.05) is 6.92 Å². The molecule has 2 atom stereocenters. The molecule has 2 unspecified atom stereocenters. The Bertz CT molecular complexity index is 875. The van der Waals surface area contributed by atoms with Gasteiger partial charge in [0, 0.05) is 0 Å². The van der Waals surface area contributed by atoms with Crippen molar-refractivity contribution in [2.24, 2.45) is 11.8 Å². The first-order chi connectivity index (χ1) is 14.0. The van der Waals surface area contributed by atoms with Crippen LogP contribution in [0.2, 0.25) is 0 Å². The third-order valence-electron chi connectivity index (χ3n) is 5.95. The molecular formula is C22H38O6S2. The first kappa shape index (κ1) is 27.1. The van der Waals surface area contributed by atoms with Crippen molar-refractivity contribution in [3.8, 4) is 0 Å². The van der Waals surface area contributed by atoms with Crippen molar-refractivity contribution in [2.45, 2.75) is 102 Å². The van der Waals surface area contributed by atoms with Crippen molar-refractivity contribution in [3.63, 3.8) is 0 Å². The molecule has 0 amide bonds. The second-order valence-corrected chi connectivity index (χ2v) is 11.0. The lowest BCUT2D eigenvalue weighted by molar-refractivity contribution is 0.426. The normalized spacial score (nSPS) is 14.6. The first-order valence-corrected chi connectivity index (χ1v) is 14.0. The van der Waals surface area contributed by atoms with E-state index in [0.29, 0.717) is 24.3 Å². The molecule has 1 rings (SSSR count). The Morgan fingerprint density at radius 1 is 0.767 bits per heavy atom. The fourth-order valence-corrected chi connectivity index (χ4v) is 6.11. The van der Waals surface area contributed by atoms with Gasteiger partial charge in [-0.25, -0.2) is 0 Å². The Kier molecular flexibility index (Phi) is 11.0. The summed E-state index contributed by atoms with van der Waals surface area (Å²) in [5, 5.41) is 0. The lowest BCUT2D eigenvalue weighted by Crippen LogP contribution is -2.17. The predicted molar refractivity (Wildman–Crippen MR) is 120 cm³/mol. The fraction of sp³-hybridized carbons (Fsp3) is 0.727. The average Bonchev–Trinajstić information content (AvgIpc) is 2.66. The van der Waals surface area contributed by atoms with Gasteiger partial charge in [-0.05, 0) is 41.9 Å². The molecule has 0 radical (unpaired) electrons. The summed E-state index contributed by atoms with van der Waals surface area (Å²) in [4.78, 5) is -1.39. The molecule has 0 bridgehead atoms. The second kappa shape index (κ2) is 12.2. The van der Waals surface area contributed by atoms with Crippen LogP contribution in [0.25, 0.3) is 0 Å². The van der Waals surface area contributed by atoms with Gasteiger partial charge in [-0.2, -0.15) is 16.8 Å². The van der Waals surface area contributed by atoms with Crippen LogP contribution < -0.4 is 0 Å². The van der Waals surface area contributed by atoms with Crippen molar-refractivity contribution < 1.29 is 25.9 Å². The summed E-state index contributed by atoms with van der Waals surface area (Å²) in [7, 11) is -9.65. The van der Waals surface area contributed by atoms with Gasteiger partial charge >= 0.3 is 0 Å². The van der Waals surface area contributed by atoms with Gasteiger partial charge in [-0.1, -0.05) is 85.1 Å². The summed E-state index contributed by atoms with van der Waals surface area (Å²) in [5.41, 5.74) is 1.08. The van der Waals surface area contributed by atoms with Gasteiger partial charge in [0.2, 0.25) is 0 Å². The molecule has 0 aromatic heterocycles. The van der Waals surface area contributed by atoms with Crippen molar-refractivity contribution >= 4 is 20.2 Å². The van der Waals surface area contributed by atoms with Gasteiger partial charge in [0.15, 0.2) is 0 Å². The summed E-state index contributed by atoms with van der Waals surface area (Å²) < 4.78 is 67.9. The first-order valence-electron chi connectivity index (χ1n) is 11.1. The van der Waals surface area contributed by atoms with Gasteiger partial charge in [0.1, 0.15) is 9.79 Å². The van der Waals surface area contributed by atoms with Crippen LogP contribution >= 0.6 is 0 Å². The lowest BCUT2D eigenvalue weighted by atomic mass is 9.85. The van der Waals surface area contributed by atoms with Crippen LogP contribution in [0.1, 0.15) is 90.2 Å². The minimum atomic E-state index is -4.84. The minimum Gasteiger partial charge on any atom is -0.282 e. The van der Waals surface area contributed by atoms with E-state index in [2.05, 4.69) is 20.8 Å². The van der Waals surface area contributed by atoms with E-state index in [1.54, 1.807) is 6.07 Å². The maximum Gasteiger partial charge on any atom is 0.296 e. The largest absolute Gasteiger partial charge is 0.296 e. The monoisotopic (exact) mass is 462 g/mol. The summed E-state index contributed by atoms with van der Waals surface area (Å²) in [6.07, 6.45) is 8.73. The number of hydrogen-bond acceptors (Lipinski definition) is 4. The Morgan fingerprint density at radius 3 is 1.67 bits per heavy atom. The standard InChI is InChI=1S/C22H38O6S2/c1-5-9-11-17(7-3)15-19-13-14-21(29(23,24)25)22(30(26,27)28)20(19)16-18(8-4)12-10-6-2/h13-14,17-18H,5-12,15-16H2,1-4H3,(H,23,24,25)(H,26,27,28). The zero-order valence-corrected chi connectivity index (χ0v) is 20.4. The van der Waals surface area contributed by atoms with Gasteiger partial charge in [0.05, 0.1) is 0 Å². The highest BCUT2D eigenvalue weighted by Gasteiger charge is 2.30. The van der Waals surface area contributed by atoms with Gasteiger partial charge in [0.25, 0.3) is 20.2 Å². The summed E-state index contributed by atoms with van der Waals surface area (Å²) in [6.45, 7) is 8.32. The van der Waals surface area contributed by atoms with Crippen LogP contribution in [-0.2, 0) is 33.1 Å². The second-order valence-electron chi connectivity index (χ2n) is 8.22. The molecule has 0 aliphatic rings. The van der Waals surface area contributed by atoms with E-state index in [9.17, 15) is 25.9 Å². The van der Waals surface area contributed by atoms with Gasteiger partial charge in [-0.15, -0.1) is 0 Å². The summed E-state index contributed by atoms with van der Waals surface area (Å²) in [6, 6.07) is 2.71. The Hall–Kier alpha value is -0.960. The van der Waals surface area contributed by atoms with Gasteiger partial charge < -0.3 is 0 Å². The van der Waals surface area contributed by atoms with E-state index in [0.717, 1.165) is 63.0 Å². The molecule has 30 heavy (non-hydrogen) atoms. The highest BCUT2D eigenvalue weighted by molar-refractivity contribution is 7.89. The molecule has 2 N–H and O–H groups in total. The highest BCUT2D eigenvalue weighted by atomic mass is 32.2. The Labute approximate surface area is 183 Å². The molecular weight excluding hydrogens is 424 g/mol. The summed E-state index contributed by atoms with van der Waals surface area (Å²) in [5.74, 6) is 0.502. The SMILES string of the molecule is CCCCC(CC)Cc1ccc(S(=O)(=O)O)c(S(=O)(=O)O)c1CC(CC)CCCC. The maximum absolute atomic E-state index is 12.3. The van der Waals surface area contributed by atoms with Gasteiger partial charge in [-0.3, -0.25) is 9.11 Å². The smallest absolute Gasteiger partial charge is 0.282 e. The van der Waals surface area contributed by atoms with Crippen LogP contribution in [0.3, 0.4) is 0 Å². The van der Waals surface area contributed by atoms with Crippen LogP contribution in [0.5, 0.6) is 0 Å². The Morgan fingerprint density at radius 2 is 1.27 bits per heavy atom. The molecule has 0 heterocycles. The van der Waals surface area contributed by atoms with Crippen molar-refractivity contribution in [1.82, 2.24) is 0 Å². The molecule has 0 saturated heterocycles. The van der Waals surface area contributed by atoms with Crippen LogP contribution in [0, 0.1) is 11.8 Å². The van der Waals surface area contributed by atoms with Crippen molar-refractivity contribution in [2.75, 3.05) is 0 Å². The van der Waals surface area contributed by atoms with E-state index in [-0.39, 0.29) is 5.92 Å². The van der Waals surface area contributed by atoms with E-state index in [1.165, 1.54) is 0 Å². The summed E-state index contributed by atoms with van der Waals surface area (Å²) >= 11 is 0. The molecule has 0 aliphatic carbocycles. The van der Waals surface area contributed by atoms with Crippen molar-refractivity contribution in [3.05, 3.63) is 23.3 Å². The quantitative estimate of drug-likeness (QED) is 0.343. The highest BCUT2D eigenvalue weighted by Crippen LogP contribution is 2.33. The maximum atomic E-state index is 12.3. The number of unbranched alkanes of at least 4 members (excludes halogenated alkanes) is 2. The molecule has 0 saturated carbocycles. The number of benzene rings is 1. The third kappa shape index (κ3) is 7.94. The van der Waals surface area contributed by atoms with E-state index < -0.39 is 30.0 Å². The fourth-order valence-electron chi connectivity index (χ4n) is 4.03. The zero-order valence-electron chi connectivity index (χ0n) is 18.7. The molecule has 1 aromatic carbocycles. The minimum absolute atomic E-state index is 0.163. The van der Waals surface area contributed by atoms with E-state index in [4.69, 9.17) is 0 Å². The average molecular weight is 463 g/mol. The number of rotatable bonds is 14. The topological polar surface area (TPSA) is 109 Å². The van der Waals surface area contributed by atoms with Crippen LogP contribution in [0.15, 0.2) is 21.9 Å². The molecule has 6 nitrogen and oxygen atoms in total. The molecule has 0 aliphatic heterocycles. The molecule has 0 fully saturated rings. The van der Waals surface area contributed by atoms with Crippen LogP contribution in [0.4, 0.5) is 0 Å². The molecule has 0 spiro atoms. The molecule has 8 heteroatoms. The van der Waals surface area contributed by atoms with E-state index >= 15 is 0 Å². The lowest BCUT2D eigenvalue weighted by Gasteiger charge is -2.23. The molecule has 174 valence electrons. The van der Waals surface area contributed by atoms with Crippen LogP contribution in [-0.4, -0.2) is 25.9 Å². The third-order valence-corrected chi connectivity index (χ3v) is 7.95. The Balaban J connectivity index is 3.63. The zero-order chi connectivity index (χ0) is 22.9. The molecule has 1 aromatic rings. The number of hydrogen-bond donors (Lipinski definition) is 2. The predicted octanol–water partition coefficient (Wildman–Crippen LogP) is 5.70.